The van der Waals surface area contributed by atoms with Crippen molar-refractivity contribution < 1.29 is 4.74 Å². The Bertz CT molecular complexity index is 1180. The molecule has 0 heterocycles. The first kappa shape index (κ1) is 23.1. The van der Waals surface area contributed by atoms with Crippen LogP contribution in [-0.4, -0.2) is 25.2 Å². The number of fused-ring (bicyclic) bond motifs is 1. The van der Waals surface area contributed by atoms with Crippen LogP contribution in [0, 0.1) is 12.3 Å². The molecule has 0 saturated heterocycles. The number of hydrogen-bond donors (Lipinski definition) is 0. The molecule has 2 unspecified atom stereocenters. The number of ether oxygens (including phenoxy) is 1. The molecule has 2 atom stereocenters. The lowest BCUT2D eigenvalue weighted by molar-refractivity contribution is 0.103. The average molecular weight is 458 g/mol. The zero-order chi connectivity index (χ0) is 24.1. The molecule has 0 N–H and O–H groups in total. The normalized spacial score (nSPS) is 17.2. The lowest BCUT2D eigenvalue weighted by Gasteiger charge is -2.48. The maximum Gasteiger partial charge on any atom is 0.0985 e. The van der Waals surface area contributed by atoms with Crippen molar-refractivity contribution >= 4 is 0 Å². The molecule has 174 valence electrons. The molecule has 0 saturated carbocycles. The Balaban J connectivity index is 1.81. The van der Waals surface area contributed by atoms with Crippen LogP contribution in [0.2, 0.25) is 0 Å². The zero-order valence-corrected chi connectivity index (χ0v) is 20.2. The second-order valence-corrected chi connectivity index (χ2v) is 9.17. The molecule has 1 aliphatic carbocycles. The van der Waals surface area contributed by atoms with Crippen LogP contribution in [0.15, 0.2) is 115 Å². The molecule has 1 aliphatic rings. The highest BCUT2D eigenvalue weighted by Gasteiger charge is 2.47. The second-order valence-electron chi connectivity index (χ2n) is 9.17. The smallest absolute Gasteiger partial charge is 0.0985 e. The predicted octanol–water partition coefficient (Wildman–Crippen LogP) is 6.79. The summed E-state index contributed by atoms with van der Waals surface area (Å²) in [5, 5.41) is 0. The highest BCUT2D eigenvalue weighted by Crippen LogP contribution is 2.52. The van der Waals surface area contributed by atoms with Crippen molar-refractivity contribution in [1.29, 1.82) is 0 Å². The largest absolute Gasteiger partial charge is 0.384 e. The fourth-order valence-corrected chi connectivity index (χ4v) is 5.96. The van der Waals surface area contributed by atoms with E-state index in [1.807, 2.05) is 0 Å². The molecule has 2 heteroatoms. The SMILES string of the molecule is C#CCN(C1CC(COC)c2ccccc21)C(c1ccccc1)(c1ccccc1)c1ccccc1. The molecular weight excluding hydrogens is 426 g/mol. The number of rotatable bonds is 8. The van der Waals surface area contributed by atoms with Crippen LogP contribution in [0.25, 0.3) is 0 Å². The van der Waals surface area contributed by atoms with E-state index in [1.54, 1.807) is 7.11 Å². The molecule has 35 heavy (non-hydrogen) atoms. The lowest BCUT2D eigenvalue weighted by atomic mass is 9.74. The van der Waals surface area contributed by atoms with Gasteiger partial charge in [0, 0.05) is 19.1 Å². The Kier molecular flexibility index (Phi) is 6.82. The summed E-state index contributed by atoms with van der Waals surface area (Å²) in [6.07, 6.45) is 7.09. The van der Waals surface area contributed by atoms with Crippen molar-refractivity contribution in [2.24, 2.45) is 0 Å². The van der Waals surface area contributed by atoms with Gasteiger partial charge in [-0.1, -0.05) is 121 Å². The number of hydrogen-bond acceptors (Lipinski definition) is 2. The lowest BCUT2D eigenvalue weighted by Crippen LogP contribution is -2.49. The van der Waals surface area contributed by atoms with Gasteiger partial charge in [-0.05, 0) is 34.2 Å². The van der Waals surface area contributed by atoms with E-state index in [0.29, 0.717) is 19.1 Å². The highest BCUT2D eigenvalue weighted by molar-refractivity contribution is 5.51. The topological polar surface area (TPSA) is 12.5 Å². The fraction of sp³-hybridized carbons (Fsp3) is 0.212. The first-order chi connectivity index (χ1) is 17.3. The van der Waals surface area contributed by atoms with Crippen molar-refractivity contribution in [3.8, 4) is 12.3 Å². The Morgan fingerprint density at radius 2 is 1.20 bits per heavy atom. The van der Waals surface area contributed by atoms with Crippen LogP contribution in [0.1, 0.15) is 46.2 Å². The van der Waals surface area contributed by atoms with E-state index in [1.165, 1.54) is 27.8 Å². The summed E-state index contributed by atoms with van der Waals surface area (Å²) in [4.78, 5) is 2.54. The van der Waals surface area contributed by atoms with E-state index in [0.717, 1.165) is 6.42 Å². The molecule has 4 aromatic rings. The molecule has 0 bridgehead atoms. The van der Waals surface area contributed by atoms with Crippen LogP contribution in [0.5, 0.6) is 0 Å². The van der Waals surface area contributed by atoms with Crippen molar-refractivity contribution in [1.82, 2.24) is 4.90 Å². The maximum absolute atomic E-state index is 6.12. The standard InChI is InChI=1S/C33H31NO/c1-3-23-34(32-24-26(25-35-2)30-21-13-14-22-31(30)32)33(27-15-7-4-8-16-27,28-17-9-5-10-18-28)29-19-11-6-12-20-29/h1,4-22,26,32H,23-25H2,2H3. The van der Waals surface area contributed by atoms with Crippen molar-refractivity contribution in [2.75, 3.05) is 20.3 Å². The third-order valence-electron chi connectivity index (χ3n) is 7.31. The zero-order valence-electron chi connectivity index (χ0n) is 20.2. The molecule has 0 fully saturated rings. The van der Waals surface area contributed by atoms with E-state index in [-0.39, 0.29) is 6.04 Å². The van der Waals surface area contributed by atoms with Crippen LogP contribution < -0.4 is 0 Å². The minimum absolute atomic E-state index is 0.142. The Hall–Kier alpha value is -3.64. The fourth-order valence-electron chi connectivity index (χ4n) is 5.96. The number of terminal acetylenes is 1. The molecule has 0 amide bonds. The molecular formula is C33H31NO. The minimum Gasteiger partial charge on any atom is -0.384 e. The molecule has 0 aliphatic heterocycles. The number of benzene rings is 4. The van der Waals surface area contributed by atoms with E-state index < -0.39 is 5.54 Å². The monoisotopic (exact) mass is 457 g/mol. The number of methoxy groups -OCH3 is 1. The van der Waals surface area contributed by atoms with Gasteiger partial charge in [-0.15, -0.1) is 6.42 Å². The Morgan fingerprint density at radius 3 is 1.66 bits per heavy atom. The van der Waals surface area contributed by atoms with E-state index in [4.69, 9.17) is 11.2 Å². The van der Waals surface area contributed by atoms with Gasteiger partial charge in [0.1, 0.15) is 0 Å². The molecule has 4 aromatic carbocycles. The van der Waals surface area contributed by atoms with Crippen molar-refractivity contribution in [2.45, 2.75) is 23.9 Å². The Labute approximate surface area is 209 Å². The van der Waals surface area contributed by atoms with E-state index >= 15 is 0 Å². The highest BCUT2D eigenvalue weighted by atomic mass is 16.5. The number of nitrogens with zero attached hydrogens (tertiary/aromatic N) is 1. The summed E-state index contributed by atoms with van der Waals surface area (Å²) in [6, 6.07) is 41.3. The van der Waals surface area contributed by atoms with E-state index in [9.17, 15) is 0 Å². The van der Waals surface area contributed by atoms with Crippen molar-refractivity contribution in [3.05, 3.63) is 143 Å². The summed E-state index contributed by atoms with van der Waals surface area (Å²) in [5.41, 5.74) is 5.78. The first-order valence-electron chi connectivity index (χ1n) is 12.2. The van der Waals surface area contributed by atoms with E-state index in [2.05, 4.69) is 126 Å². The predicted molar refractivity (Wildman–Crippen MR) is 143 cm³/mol. The average Bonchev–Trinajstić information content (AvgIpc) is 3.29. The van der Waals surface area contributed by atoms with Gasteiger partial charge in [-0.25, -0.2) is 0 Å². The molecule has 0 radical (unpaired) electrons. The summed E-state index contributed by atoms with van der Waals surface area (Å²) in [7, 11) is 1.79. The molecule has 2 nitrogen and oxygen atoms in total. The quantitative estimate of drug-likeness (QED) is 0.213. The third kappa shape index (κ3) is 4.08. The molecule has 0 spiro atoms. The summed E-state index contributed by atoms with van der Waals surface area (Å²) < 4.78 is 5.65. The van der Waals surface area contributed by atoms with Gasteiger partial charge < -0.3 is 4.74 Å². The van der Waals surface area contributed by atoms with Gasteiger partial charge in [0.05, 0.1) is 18.7 Å². The van der Waals surface area contributed by atoms with Gasteiger partial charge in [0.15, 0.2) is 0 Å². The molecule has 5 rings (SSSR count). The van der Waals surface area contributed by atoms with Crippen LogP contribution in [-0.2, 0) is 10.3 Å². The minimum atomic E-state index is -0.560. The molecule has 0 aromatic heterocycles. The summed E-state index contributed by atoms with van der Waals surface area (Å²) in [5.74, 6) is 3.37. The van der Waals surface area contributed by atoms with Crippen LogP contribution >= 0.6 is 0 Å². The second kappa shape index (κ2) is 10.3. The first-order valence-corrected chi connectivity index (χ1v) is 12.2. The van der Waals surface area contributed by atoms with Crippen molar-refractivity contribution in [3.63, 3.8) is 0 Å². The van der Waals surface area contributed by atoms with Gasteiger partial charge in [0.2, 0.25) is 0 Å². The van der Waals surface area contributed by atoms with Gasteiger partial charge >= 0.3 is 0 Å². The van der Waals surface area contributed by atoms with Gasteiger partial charge in [-0.3, -0.25) is 4.90 Å². The van der Waals surface area contributed by atoms with Gasteiger partial charge in [0.25, 0.3) is 0 Å². The van der Waals surface area contributed by atoms with Crippen LogP contribution in [0.3, 0.4) is 0 Å². The van der Waals surface area contributed by atoms with Gasteiger partial charge in [-0.2, -0.15) is 0 Å². The maximum atomic E-state index is 6.12. The Morgan fingerprint density at radius 1 is 0.743 bits per heavy atom. The third-order valence-corrected chi connectivity index (χ3v) is 7.31. The summed E-state index contributed by atoms with van der Waals surface area (Å²) >= 11 is 0. The summed E-state index contributed by atoms with van der Waals surface area (Å²) in [6.45, 7) is 1.21. The van der Waals surface area contributed by atoms with Crippen LogP contribution in [0.4, 0.5) is 0 Å².